The summed E-state index contributed by atoms with van der Waals surface area (Å²) in [6.07, 6.45) is 1.77. The average Bonchev–Trinajstić information content (AvgIpc) is 2.44. The molecule has 1 N–H and O–H groups in total. The van der Waals surface area contributed by atoms with Crippen molar-refractivity contribution in [2.24, 2.45) is 7.05 Å². The minimum Gasteiger partial charge on any atom is -0.508 e. The molecule has 0 bridgehead atoms. The van der Waals surface area contributed by atoms with E-state index < -0.39 is 0 Å². The molecule has 4 nitrogen and oxygen atoms in total. The van der Waals surface area contributed by atoms with Gasteiger partial charge in [-0.25, -0.2) is 4.79 Å². The van der Waals surface area contributed by atoms with Crippen LogP contribution < -0.4 is 5.69 Å². The second-order valence-electron chi connectivity index (χ2n) is 3.52. The molecule has 0 aliphatic heterocycles. The first-order valence-corrected chi connectivity index (χ1v) is 4.64. The van der Waals surface area contributed by atoms with Crippen molar-refractivity contribution in [1.29, 1.82) is 0 Å². The Bertz CT molecular complexity index is 535. The van der Waals surface area contributed by atoms with E-state index >= 15 is 0 Å². The van der Waals surface area contributed by atoms with Crippen LogP contribution in [0.25, 0.3) is 5.69 Å². The Balaban J connectivity index is 2.64. The molecular formula is C11H12N2O2. The van der Waals surface area contributed by atoms with Gasteiger partial charge in [0.05, 0.1) is 5.69 Å². The number of hydrogen-bond donors (Lipinski definition) is 1. The number of aryl methyl sites for hydroxylation is 2. The summed E-state index contributed by atoms with van der Waals surface area (Å²) in [7, 11) is 1.71. The molecule has 0 unspecified atom stereocenters. The topological polar surface area (TPSA) is 47.2 Å². The maximum Gasteiger partial charge on any atom is 0.332 e. The normalized spacial score (nSPS) is 10.5. The molecule has 0 saturated heterocycles. The van der Waals surface area contributed by atoms with Gasteiger partial charge in [0.25, 0.3) is 0 Å². The zero-order valence-electron chi connectivity index (χ0n) is 8.64. The van der Waals surface area contributed by atoms with E-state index in [0.29, 0.717) is 0 Å². The molecule has 0 spiro atoms. The van der Waals surface area contributed by atoms with Crippen molar-refractivity contribution in [3.8, 4) is 11.4 Å². The van der Waals surface area contributed by atoms with Crippen molar-refractivity contribution in [1.82, 2.24) is 9.13 Å². The zero-order valence-corrected chi connectivity index (χ0v) is 8.64. The molecule has 0 saturated carbocycles. The largest absolute Gasteiger partial charge is 0.508 e. The molecule has 0 fully saturated rings. The predicted octanol–water partition coefficient (Wildman–Crippen LogP) is 1.19. The van der Waals surface area contributed by atoms with Crippen LogP contribution in [0.3, 0.4) is 0 Å². The number of phenolic OH excluding ortho intramolecular Hbond substituents is 1. The van der Waals surface area contributed by atoms with Gasteiger partial charge in [-0.15, -0.1) is 0 Å². The van der Waals surface area contributed by atoms with Gasteiger partial charge < -0.3 is 9.67 Å². The number of nitrogens with zero attached hydrogens (tertiary/aromatic N) is 2. The molecule has 4 heteroatoms. The summed E-state index contributed by atoms with van der Waals surface area (Å²) in [4.78, 5) is 11.7. The van der Waals surface area contributed by atoms with Crippen molar-refractivity contribution in [2.45, 2.75) is 6.92 Å². The minimum atomic E-state index is -0.0850. The smallest absolute Gasteiger partial charge is 0.332 e. The summed E-state index contributed by atoms with van der Waals surface area (Å²) >= 11 is 0. The van der Waals surface area contributed by atoms with Crippen LogP contribution >= 0.6 is 0 Å². The third-order valence-corrected chi connectivity index (χ3v) is 2.33. The summed E-state index contributed by atoms with van der Waals surface area (Å²) in [5.41, 5.74) is 1.54. The van der Waals surface area contributed by atoms with Gasteiger partial charge in [0.15, 0.2) is 0 Å². The monoisotopic (exact) mass is 204 g/mol. The van der Waals surface area contributed by atoms with Crippen LogP contribution in [0.1, 0.15) is 5.69 Å². The minimum absolute atomic E-state index is 0.0850. The number of hydrogen-bond acceptors (Lipinski definition) is 2. The van der Waals surface area contributed by atoms with Crippen molar-refractivity contribution in [2.75, 3.05) is 0 Å². The van der Waals surface area contributed by atoms with Gasteiger partial charge in [-0.05, 0) is 31.2 Å². The van der Waals surface area contributed by atoms with Crippen LogP contribution in [0.5, 0.6) is 5.75 Å². The van der Waals surface area contributed by atoms with Gasteiger partial charge in [0.1, 0.15) is 5.75 Å². The molecule has 1 aromatic heterocycles. The fraction of sp³-hybridized carbons (Fsp3) is 0.182. The summed E-state index contributed by atoms with van der Waals surface area (Å²) in [5.74, 6) is 0.195. The molecule has 0 radical (unpaired) electrons. The van der Waals surface area contributed by atoms with Crippen LogP contribution in [0, 0.1) is 6.92 Å². The second kappa shape index (κ2) is 3.31. The predicted molar refractivity (Wildman–Crippen MR) is 57.4 cm³/mol. The van der Waals surface area contributed by atoms with Crippen LogP contribution in [-0.4, -0.2) is 14.2 Å². The van der Waals surface area contributed by atoms with Crippen molar-refractivity contribution in [3.63, 3.8) is 0 Å². The quantitative estimate of drug-likeness (QED) is 0.758. The van der Waals surface area contributed by atoms with Crippen LogP contribution in [-0.2, 0) is 7.05 Å². The molecule has 1 heterocycles. The standard InChI is InChI=1S/C11H12N2O2/c1-8-7-12(2)11(15)13(8)9-3-5-10(14)6-4-9/h3-7,14H,1-2H3. The van der Waals surface area contributed by atoms with Crippen molar-refractivity contribution < 1.29 is 5.11 Å². The lowest BCUT2D eigenvalue weighted by atomic mass is 10.3. The maximum atomic E-state index is 11.7. The summed E-state index contributed by atoms with van der Waals surface area (Å²) in [6, 6.07) is 6.55. The Hall–Kier alpha value is -1.97. The molecule has 2 aromatic rings. The summed E-state index contributed by atoms with van der Waals surface area (Å²) < 4.78 is 3.13. The fourth-order valence-corrected chi connectivity index (χ4v) is 1.62. The van der Waals surface area contributed by atoms with E-state index in [4.69, 9.17) is 5.11 Å². The highest BCUT2D eigenvalue weighted by Gasteiger charge is 2.06. The molecule has 0 amide bonds. The zero-order chi connectivity index (χ0) is 11.0. The average molecular weight is 204 g/mol. The van der Waals surface area contributed by atoms with Crippen LogP contribution in [0.2, 0.25) is 0 Å². The third kappa shape index (κ3) is 1.54. The molecule has 15 heavy (non-hydrogen) atoms. The number of benzene rings is 1. The number of imidazole rings is 1. The summed E-state index contributed by atoms with van der Waals surface area (Å²) in [5, 5.41) is 9.15. The van der Waals surface area contributed by atoms with Crippen molar-refractivity contribution >= 4 is 0 Å². The van der Waals surface area contributed by atoms with E-state index in [1.165, 1.54) is 4.57 Å². The highest BCUT2D eigenvalue weighted by atomic mass is 16.3. The Morgan fingerprint density at radius 2 is 1.80 bits per heavy atom. The lowest BCUT2D eigenvalue weighted by Crippen LogP contribution is -2.21. The van der Waals surface area contributed by atoms with Gasteiger partial charge in [-0.3, -0.25) is 4.57 Å². The molecule has 0 aliphatic carbocycles. The van der Waals surface area contributed by atoms with E-state index in [2.05, 4.69) is 0 Å². The molecule has 1 aromatic carbocycles. The van der Waals surface area contributed by atoms with E-state index in [1.807, 2.05) is 6.92 Å². The fourth-order valence-electron chi connectivity index (χ4n) is 1.62. The Labute approximate surface area is 87.0 Å². The number of rotatable bonds is 1. The molecular weight excluding hydrogens is 192 g/mol. The van der Waals surface area contributed by atoms with E-state index in [1.54, 1.807) is 42.1 Å². The van der Waals surface area contributed by atoms with Gasteiger partial charge in [0, 0.05) is 18.9 Å². The lowest BCUT2D eigenvalue weighted by molar-refractivity contribution is 0.475. The lowest BCUT2D eigenvalue weighted by Gasteiger charge is -2.03. The first kappa shape index (κ1) is 9.58. The third-order valence-electron chi connectivity index (χ3n) is 2.33. The van der Waals surface area contributed by atoms with Gasteiger partial charge in [0.2, 0.25) is 0 Å². The SMILES string of the molecule is Cc1cn(C)c(=O)n1-c1ccc(O)cc1. The van der Waals surface area contributed by atoms with E-state index in [-0.39, 0.29) is 11.4 Å². The molecule has 0 atom stereocenters. The highest BCUT2D eigenvalue weighted by molar-refractivity contribution is 5.37. The Kier molecular flexibility index (Phi) is 2.11. The first-order valence-electron chi connectivity index (χ1n) is 4.64. The molecule has 0 aliphatic rings. The van der Waals surface area contributed by atoms with Gasteiger partial charge in [-0.1, -0.05) is 0 Å². The first-order chi connectivity index (χ1) is 7.09. The molecule has 2 rings (SSSR count). The van der Waals surface area contributed by atoms with E-state index in [9.17, 15) is 4.79 Å². The highest BCUT2D eigenvalue weighted by Crippen LogP contribution is 2.13. The Morgan fingerprint density at radius 1 is 1.20 bits per heavy atom. The van der Waals surface area contributed by atoms with Crippen LogP contribution in [0.4, 0.5) is 0 Å². The molecule has 78 valence electrons. The Morgan fingerprint density at radius 3 is 2.27 bits per heavy atom. The number of aromatic hydroxyl groups is 1. The number of aromatic nitrogens is 2. The second-order valence-corrected chi connectivity index (χ2v) is 3.52. The summed E-state index contributed by atoms with van der Waals surface area (Å²) in [6.45, 7) is 1.87. The van der Waals surface area contributed by atoms with Gasteiger partial charge in [-0.2, -0.15) is 0 Å². The van der Waals surface area contributed by atoms with Gasteiger partial charge >= 0.3 is 5.69 Å². The van der Waals surface area contributed by atoms with Crippen LogP contribution in [0.15, 0.2) is 35.3 Å². The number of phenols is 1. The van der Waals surface area contributed by atoms with Crippen molar-refractivity contribution in [3.05, 3.63) is 46.6 Å². The maximum absolute atomic E-state index is 11.7. The van der Waals surface area contributed by atoms with E-state index in [0.717, 1.165) is 11.4 Å².